The van der Waals surface area contributed by atoms with Gasteiger partial charge in [-0.3, -0.25) is 4.79 Å². The minimum absolute atomic E-state index is 0.0302. The molecular formula is C13H17BrN2O2. The summed E-state index contributed by atoms with van der Waals surface area (Å²) in [5.74, 6) is 0.570. The molecule has 1 saturated heterocycles. The molecule has 0 radical (unpaired) electrons. The number of nitrogen functional groups attached to an aromatic ring is 1. The van der Waals surface area contributed by atoms with Crippen LogP contribution in [0.15, 0.2) is 22.7 Å². The lowest BCUT2D eigenvalue weighted by molar-refractivity contribution is -0.136. The van der Waals surface area contributed by atoms with Gasteiger partial charge < -0.3 is 15.4 Å². The van der Waals surface area contributed by atoms with Gasteiger partial charge in [-0.15, -0.1) is 0 Å². The van der Waals surface area contributed by atoms with E-state index >= 15 is 0 Å². The quantitative estimate of drug-likeness (QED) is 0.872. The number of ether oxygens (including phenoxy) is 1. The van der Waals surface area contributed by atoms with E-state index in [1.807, 2.05) is 17.0 Å². The first-order chi connectivity index (χ1) is 8.59. The molecule has 18 heavy (non-hydrogen) atoms. The Kier molecular flexibility index (Phi) is 4.11. The topological polar surface area (TPSA) is 55.6 Å². The van der Waals surface area contributed by atoms with Gasteiger partial charge in [0.25, 0.3) is 5.91 Å². The SMILES string of the molecule is CC(Oc1c(N)cccc1Br)C(=O)N1CCCC1. The number of nitrogens with zero attached hydrogens (tertiary/aromatic N) is 1. The lowest BCUT2D eigenvalue weighted by Gasteiger charge is -2.22. The van der Waals surface area contributed by atoms with Gasteiger partial charge in [0.1, 0.15) is 0 Å². The number of hydrogen-bond acceptors (Lipinski definition) is 3. The average Bonchev–Trinajstić information content (AvgIpc) is 2.86. The molecule has 0 saturated carbocycles. The Morgan fingerprint density at radius 3 is 2.72 bits per heavy atom. The third-order valence-corrected chi connectivity index (χ3v) is 3.68. The lowest BCUT2D eigenvalue weighted by atomic mass is 10.3. The zero-order chi connectivity index (χ0) is 13.1. The van der Waals surface area contributed by atoms with E-state index in [4.69, 9.17) is 10.5 Å². The van der Waals surface area contributed by atoms with E-state index in [1.54, 1.807) is 13.0 Å². The maximum atomic E-state index is 12.1. The molecule has 1 aromatic rings. The summed E-state index contributed by atoms with van der Waals surface area (Å²) in [6.45, 7) is 3.43. The van der Waals surface area contributed by atoms with Crippen LogP contribution in [0.1, 0.15) is 19.8 Å². The number of carbonyl (C=O) groups is 1. The van der Waals surface area contributed by atoms with E-state index in [1.165, 1.54) is 0 Å². The van der Waals surface area contributed by atoms with Gasteiger partial charge in [-0.1, -0.05) is 6.07 Å². The third-order valence-electron chi connectivity index (χ3n) is 3.06. The zero-order valence-electron chi connectivity index (χ0n) is 10.4. The Labute approximate surface area is 115 Å². The molecule has 1 aliphatic heterocycles. The highest BCUT2D eigenvalue weighted by atomic mass is 79.9. The second-order valence-corrected chi connectivity index (χ2v) is 5.30. The number of amides is 1. The van der Waals surface area contributed by atoms with Crippen molar-refractivity contribution in [1.29, 1.82) is 0 Å². The summed E-state index contributed by atoms with van der Waals surface area (Å²) in [5, 5.41) is 0. The van der Waals surface area contributed by atoms with Crippen LogP contribution in [0, 0.1) is 0 Å². The molecule has 0 spiro atoms. The summed E-state index contributed by atoms with van der Waals surface area (Å²) in [4.78, 5) is 14.0. The molecule has 1 unspecified atom stereocenters. The Hall–Kier alpha value is -1.23. The van der Waals surface area contributed by atoms with Crippen LogP contribution in [0.5, 0.6) is 5.75 Å². The van der Waals surface area contributed by atoms with E-state index < -0.39 is 6.10 Å². The molecule has 1 aliphatic rings. The number of anilines is 1. The van der Waals surface area contributed by atoms with Gasteiger partial charge >= 0.3 is 0 Å². The molecule has 0 aromatic heterocycles. The summed E-state index contributed by atoms with van der Waals surface area (Å²) in [6, 6.07) is 5.44. The van der Waals surface area contributed by atoms with Crippen molar-refractivity contribution in [1.82, 2.24) is 4.90 Å². The van der Waals surface area contributed by atoms with Crippen LogP contribution in [-0.2, 0) is 4.79 Å². The van der Waals surface area contributed by atoms with Crippen molar-refractivity contribution in [2.75, 3.05) is 18.8 Å². The van der Waals surface area contributed by atoms with Gasteiger partial charge in [0.2, 0.25) is 0 Å². The standard InChI is InChI=1S/C13H17BrN2O2/c1-9(13(17)16-7-2-3-8-16)18-12-10(14)5-4-6-11(12)15/h4-6,9H,2-3,7-8,15H2,1H3. The van der Waals surface area contributed by atoms with Crippen LogP contribution in [-0.4, -0.2) is 30.0 Å². The summed E-state index contributed by atoms with van der Waals surface area (Å²) in [7, 11) is 0. The summed E-state index contributed by atoms with van der Waals surface area (Å²) >= 11 is 3.38. The van der Waals surface area contributed by atoms with E-state index in [2.05, 4.69) is 15.9 Å². The third kappa shape index (κ3) is 2.77. The molecule has 1 fully saturated rings. The fourth-order valence-electron chi connectivity index (χ4n) is 2.07. The van der Waals surface area contributed by atoms with Crippen LogP contribution < -0.4 is 10.5 Å². The molecule has 98 valence electrons. The highest BCUT2D eigenvalue weighted by molar-refractivity contribution is 9.10. The van der Waals surface area contributed by atoms with Crippen molar-refractivity contribution in [3.8, 4) is 5.75 Å². The highest BCUT2D eigenvalue weighted by Crippen LogP contribution is 2.32. The van der Waals surface area contributed by atoms with E-state index in [0.717, 1.165) is 30.4 Å². The molecule has 4 nitrogen and oxygen atoms in total. The molecule has 1 heterocycles. The van der Waals surface area contributed by atoms with Crippen LogP contribution in [0.2, 0.25) is 0 Å². The molecule has 1 amide bonds. The van der Waals surface area contributed by atoms with Crippen molar-refractivity contribution >= 4 is 27.5 Å². The monoisotopic (exact) mass is 312 g/mol. The van der Waals surface area contributed by atoms with E-state index in [9.17, 15) is 4.79 Å². The van der Waals surface area contributed by atoms with Crippen molar-refractivity contribution in [3.63, 3.8) is 0 Å². The summed E-state index contributed by atoms with van der Waals surface area (Å²) in [5.41, 5.74) is 6.38. The minimum atomic E-state index is -0.510. The second-order valence-electron chi connectivity index (χ2n) is 4.45. The molecular weight excluding hydrogens is 296 g/mol. The summed E-state index contributed by atoms with van der Waals surface area (Å²) < 4.78 is 6.45. The molecule has 2 N–H and O–H groups in total. The number of rotatable bonds is 3. The van der Waals surface area contributed by atoms with Crippen molar-refractivity contribution in [2.45, 2.75) is 25.9 Å². The highest BCUT2D eigenvalue weighted by Gasteiger charge is 2.25. The Morgan fingerprint density at radius 2 is 2.11 bits per heavy atom. The van der Waals surface area contributed by atoms with Crippen molar-refractivity contribution in [2.24, 2.45) is 0 Å². The van der Waals surface area contributed by atoms with Crippen molar-refractivity contribution in [3.05, 3.63) is 22.7 Å². The maximum absolute atomic E-state index is 12.1. The zero-order valence-corrected chi connectivity index (χ0v) is 11.9. The largest absolute Gasteiger partial charge is 0.478 e. The molecule has 0 aliphatic carbocycles. The average molecular weight is 313 g/mol. The predicted octanol–water partition coefficient (Wildman–Crippen LogP) is 2.42. The minimum Gasteiger partial charge on any atom is -0.478 e. The molecule has 2 rings (SSSR count). The van der Waals surface area contributed by atoms with Crippen LogP contribution in [0.4, 0.5) is 5.69 Å². The Balaban J connectivity index is 2.06. The smallest absolute Gasteiger partial charge is 0.263 e. The van der Waals surface area contributed by atoms with Gasteiger partial charge in [0.15, 0.2) is 11.9 Å². The van der Waals surface area contributed by atoms with Crippen molar-refractivity contribution < 1.29 is 9.53 Å². The van der Waals surface area contributed by atoms with Gasteiger partial charge in [-0.2, -0.15) is 0 Å². The molecule has 5 heteroatoms. The van der Waals surface area contributed by atoms with E-state index in [0.29, 0.717) is 11.4 Å². The summed E-state index contributed by atoms with van der Waals surface area (Å²) in [6.07, 6.45) is 1.65. The fraction of sp³-hybridized carbons (Fsp3) is 0.462. The van der Waals surface area contributed by atoms with Crippen LogP contribution >= 0.6 is 15.9 Å². The number of benzene rings is 1. The molecule has 1 aromatic carbocycles. The second kappa shape index (κ2) is 5.61. The first kappa shape index (κ1) is 13.2. The first-order valence-electron chi connectivity index (χ1n) is 6.09. The maximum Gasteiger partial charge on any atom is 0.263 e. The van der Waals surface area contributed by atoms with Gasteiger partial charge in [-0.05, 0) is 47.8 Å². The number of likely N-dealkylation sites (tertiary alicyclic amines) is 1. The normalized spacial score (nSPS) is 16.7. The number of carbonyl (C=O) groups excluding carboxylic acids is 1. The number of hydrogen-bond donors (Lipinski definition) is 1. The first-order valence-corrected chi connectivity index (χ1v) is 6.88. The molecule has 0 bridgehead atoms. The van der Waals surface area contributed by atoms with Gasteiger partial charge in [-0.25, -0.2) is 0 Å². The molecule has 1 atom stereocenters. The van der Waals surface area contributed by atoms with Crippen LogP contribution in [0.3, 0.4) is 0 Å². The van der Waals surface area contributed by atoms with Gasteiger partial charge in [0.05, 0.1) is 10.2 Å². The predicted molar refractivity (Wildman–Crippen MR) is 74.5 cm³/mol. The van der Waals surface area contributed by atoms with Crippen LogP contribution in [0.25, 0.3) is 0 Å². The number of halogens is 1. The number of nitrogens with two attached hydrogens (primary N) is 1. The van der Waals surface area contributed by atoms with E-state index in [-0.39, 0.29) is 5.91 Å². The number of para-hydroxylation sites is 1. The fourth-order valence-corrected chi connectivity index (χ4v) is 2.55. The van der Waals surface area contributed by atoms with Gasteiger partial charge in [0, 0.05) is 13.1 Å². The Bertz CT molecular complexity index is 424. The Morgan fingerprint density at radius 1 is 1.44 bits per heavy atom. The lowest BCUT2D eigenvalue weighted by Crippen LogP contribution is -2.38.